The van der Waals surface area contributed by atoms with Crippen LogP contribution in [0.1, 0.15) is 0 Å². The van der Waals surface area contributed by atoms with Crippen molar-refractivity contribution >= 4 is 10.8 Å². The van der Waals surface area contributed by atoms with Crippen LogP contribution in [0.25, 0.3) is 22.0 Å². The van der Waals surface area contributed by atoms with Crippen molar-refractivity contribution in [3.05, 3.63) is 48.7 Å². The number of nitrogens with zero attached hydrogens (tertiary/aromatic N) is 1. The van der Waals surface area contributed by atoms with Crippen molar-refractivity contribution in [2.24, 2.45) is 0 Å². The predicted molar refractivity (Wildman–Crippen MR) is 86.8 cm³/mol. The zero-order valence-electron chi connectivity index (χ0n) is 12.8. The van der Waals surface area contributed by atoms with Crippen LogP contribution in [-0.4, -0.2) is 26.3 Å². The highest BCUT2D eigenvalue weighted by Crippen LogP contribution is 2.43. The van der Waals surface area contributed by atoms with Crippen molar-refractivity contribution in [1.82, 2.24) is 4.98 Å². The Labute approximate surface area is 129 Å². The number of benzene rings is 2. The van der Waals surface area contributed by atoms with E-state index in [1.54, 1.807) is 21.3 Å². The molecule has 0 bridgehead atoms. The number of hydrogen-bond donors (Lipinski definition) is 0. The minimum atomic E-state index is 0.586. The van der Waals surface area contributed by atoms with E-state index in [1.807, 2.05) is 48.7 Å². The zero-order chi connectivity index (χ0) is 15.5. The van der Waals surface area contributed by atoms with Crippen LogP contribution in [0.5, 0.6) is 17.2 Å². The predicted octanol–water partition coefficient (Wildman–Crippen LogP) is 3.93. The Morgan fingerprint density at radius 3 is 2.18 bits per heavy atom. The Kier molecular flexibility index (Phi) is 3.83. The number of fused-ring (bicyclic) bond motifs is 1. The Morgan fingerprint density at radius 1 is 0.818 bits per heavy atom. The summed E-state index contributed by atoms with van der Waals surface area (Å²) in [5.41, 5.74) is 1.94. The number of ether oxygens (including phenoxy) is 3. The SMILES string of the molecule is COc1cc2cnc(-c3ccccc3)cc2c(OC)c1OC. The third-order valence-corrected chi connectivity index (χ3v) is 3.59. The first-order chi connectivity index (χ1) is 10.8. The highest BCUT2D eigenvalue weighted by atomic mass is 16.5. The molecule has 4 nitrogen and oxygen atoms in total. The minimum Gasteiger partial charge on any atom is -0.493 e. The molecule has 0 fully saturated rings. The summed E-state index contributed by atoms with van der Waals surface area (Å²) in [6.45, 7) is 0. The fraction of sp³-hybridized carbons (Fsp3) is 0.167. The molecule has 2 aromatic carbocycles. The molecule has 112 valence electrons. The van der Waals surface area contributed by atoms with E-state index < -0.39 is 0 Å². The summed E-state index contributed by atoms with van der Waals surface area (Å²) in [4.78, 5) is 4.53. The third-order valence-electron chi connectivity index (χ3n) is 3.59. The van der Waals surface area contributed by atoms with Crippen molar-refractivity contribution in [2.45, 2.75) is 0 Å². The molecule has 0 aliphatic heterocycles. The van der Waals surface area contributed by atoms with Gasteiger partial charge in [0.15, 0.2) is 11.5 Å². The average Bonchev–Trinajstić information content (AvgIpc) is 2.60. The maximum atomic E-state index is 5.55. The summed E-state index contributed by atoms with van der Waals surface area (Å²) < 4.78 is 16.4. The number of rotatable bonds is 4. The number of hydrogen-bond acceptors (Lipinski definition) is 4. The summed E-state index contributed by atoms with van der Waals surface area (Å²) in [6, 6.07) is 13.9. The minimum absolute atomic E-state index is 0.586. The summed E-state index contributed by atoms with van der Waals surface area (Å²) in [5, 5.41) is 1.88. The molecule has 1 heterocycles. The first-order valence-electron chi connectivity index (χ1n) is 6.92. The number of aromatic nitrogens is 1. The Hall–Kier alpha value is -2.75. The van der Waals surface area contributed by atoms with E-state index in [2.05, 4.69) is 4.98 Å². The van der Waals surface area contributed by atoms with E-state index in [4.69, 9.17) is 14.2 Å². The van der Waals surface area contributed by atoms with E-state index in [9.17, 15) is 0 Å². The second-order valence-corrected chi connectivity index (χ2v) is 4.80. The lowest BCUT2D eigenvalue weighted by molar-refractivity contribution is 0.327. The number of pyridine rings is 1. The summed E-state index contributed by atoms with van der Waals surface area (Å²) in [5.74, 6) is 1.86. The largest absolute Gasteiger partial charge is 0.493 e. The molecule has 0 unspecified atom stereocenters. The molecule has 3 aromatic rings. The van der Waals surface area contributed by atoms with Crippen molar-refractivity contribution in [2.75, 3.05) is 21.3 Å². The highest BCUT2D eigenvalue weighted by Gasteiger charge is 2.16. The van der Waals surface area contributed by atoms with Gasteiger partial charge in [0.25, 0.3) is 0 Å². The van der Waals surface area contributed by atoms with Gasteiger partial charge >= 0.3 is 0 Å². The van der Waals surface area contributed by atoms with Gasteiger partial charge in [0.1, 0.15) is 0 Å². The molecule has 1 aromatic heterocycles. The van der Waals surface area contributed by atoms with Crippen LogP contribution in [0.15, 0.2) is 48.7 Å². The quantitative estimate of drug-likeness (QED) is 0.731. The average molecular weight is 295 g/mol. The molecule has 0 saturated heterocycles. The second-order valence-electron chi connectivity index (χ2n) is 4.80. The second kappa shape index (κ2) is 5.93. The topological polar surface area (TPSA) is 40.6 Å². The molecule has 0 amide bonds. The van der Waals surface area contributed by atoms with Gasteiger partial charge in [-0.05, 0) is 12.1 Å². The first-order valence-corrected chi connectivity index (χ1v) is 6.92. The van der Waals surface area contributed by atoms with Crippen molar-refractivity contribution in [3.8, 4) is 28.5 Å². The molecule has 22 heavy (non-hydrogen) atoms. The zero-order valence-corrected chi connectivity index (χ0v) is 12.8. The fourth-order valence-corrected chi connectivity index (χ4v) is 2.53. The molecule has 0 N–H and O–H groups in total. The highest BCUT2D eigenvalue weighted by molar-refractivity contribution is 5.94. The van der Waals surface area contributed by atoms with Crippen LogP contribution in [0.4, 0.5) is 0 Å². The molecule has 0 aliphatic rings. The van der Waals surface area contributed by atoms with E-state index in [0.29, 0.717) is 17.2 Å². The van der Waals surface area contributed by atoms with Gasteiger partial charge in [0, 0.05) is 22.5 Å². The Balaban J connectivity index is 2.27. The molecular formula is C18H17NO3. The number of methoxy groups -OCH3 is 3. The molecule has 0 spiro atoms. The van der Waals surface area contributed by atoms with Gasteiger partial charge in [-0.15, -0.1) is 0 Å². The monoisotopic (exact) mass is 295 g/mol. The van der Waals surface area contributed by atoms with E-state index in [-0.39, 0.29) is 0 Å². The van der Waals surface area contributed by atoms with Crippen LogP contribution in [0.3, 0.4) is 0 Å². The normalized spacial score (nSPS) is 10.5. The van der Waals surface area contributed by atoms with Gasteiger partial charge in [0.2, 0.25) is 5.75 Å². The van der Waals surface area contributed by atoms with Gasteiger partial charge in [0.05, 0.1) is 27.0 Å². The molecule has 4 heteroatoms. The van der Waals surface area contributed by atoms with Crippen LogP contribution < -0.4 is 14.2 Å². The fourth-order valence-electron chi connectivity index (χ4n) is 2.53. The summed E-state index contributed by atoms with van der Waals surface area (Å²) in [6.07, 6.45) is 1.82. The molecule has 3 rings (SSSR count). The lowest BCUT2D eigenvalue weighted by atomic mass is 10.1. The van der Waals surface area contributed by atoms with E-state index in [0.717, 1.165) is 22.0 Å². The van der Waals surface area contributed by atoms with E-state index >= 15 is 0 Å². The van der Waals surface area contributed by atoms with Crippen LogP contribution in [0, 0.1) is 0 Å². The Bertz CT molecular complexity index is 800. The summed E-state index contributed by atoms with van der Waals surface area (Å²) in [7, 11) is 4.83. The van der Waals surface area contributed by atoms with Crippen LogP contribution in [0.2, 0.25) is 0 Å². The standard InChI is InChI=1S/C18H17NO3/c1-20-16-9-13-11-19-15(12-7-5-4-6-8-12)10-14(13)17(21-2)18(16)22-3/h4-11H,1-3H3. The molecule has 0 aliphatic carbocycles. The molecule has 0 saturated carbocycles. The molecule has 0 radical (unpaired) electrons. The van der Waals surface area contributed by atoms with E-state index in [1.165, 1.54) is 0 Å². The Morgan fingerprint density at radius 2 is 1.55 bits per heavy atom. The van der Waals surface area contributed by atoms with Crippen molar-refractivity contribution in [1.29, 1.82) is 0 Å². The lowest BCUT2D eigenvalue weighted by Gasteiger charge is -2.15. The van der Waals surface area contributed by atoms with Gasteiger partial charge < -0.3 is 14.2 Å². The van der Waals surface area contributed by atoms with Gasteiger partial charge in [-0.1, -0.05) is 30.3 Å². The smallest absolute Gasteiger partial charge is 0.203 e. The van der Waals surface area contributed by atoms with Crippen molar-refractivity contribution < 1.29 is 14.2 Å². The summed E-state index contributed by atoms with van der Waals surface area (Å²) >= 11 is 0. The third kappa shape index (κ3) is 2.33. The lowest BCUT2D eigenvalue weighted by Crippen LogP contribution is -1.96. The molecular weight excluding hydrogens is 278 g/mol. The van der Waals surface area contributed by atoms with Crippen LogP contribution >= 0.6 is 0 Å². The van der Waals surface area contributed by atoms with Crippen LogP contribution in [-0.2, 0) is 0 Å². The maximum absolute atomic E-state index is 5.55. The van der Waals surface area contributed by atoms with Gasteiger partial charge in [-0.3, -0.25) is 4.98 Å². The van der Waals surface area contributed by atoms with Crippen molar-refractivity contribution in [3.63, 3.8) is 0 Å². The van der Waals surface area contributed by atoms with Gasteiger partial charge in [-0.2, -0.15) is 0 Å². The first kappa shape index (κ1) is 14.2. The van der Waals surface area contributed by atoms with Gasteiger partial charge in [-0.25, -0.2) is 0 Å². The maximum Gasteiger partial charge on any atom is 0.203 e. The molecule has 0 atom stereocenters.